The third-order valence-electron chi connectivity index (χ3n) is 5.37. The van der Waals surface area contributed by atoms with E-state index in [1.807, 2.05) is 0 Å². The Morgan fingerprint density at radius 3 is 2.23 bits per heavy atom. The number of carbonyl (C=O) groups excluding carboxylic acids is 2. The predicted octanol–water partition coefficient (Wildman–Crippen LogP) is 4.02. The number of rotatable bonds is 9. The number of ether oxygens (including phenoxy) is 2. The highest BCUT2D eigenvalue weighted by atomic mass is 19.4. The van der Waals surface area contributed by atoms with Crippen LogP contribution in [0.5, 0.6) is 17.4 Å². The average molecular weight is 491 g/mol. The Bertz CT molecular complexity index is 1290. The molecule has 0 radical (unpaired) electrons. The second kappa shape index (κ2) is 10.1. The van der Waals surface area contributed by atoms with E-state index >= 15 is 0 Å². The lowest BCUT2D eigenvalue weighted by atomic mass is 10.1. The first-order valence-electron chi connectivity index (χ1n) is 10.5. The second-order valence-corrected chi connectivity index (χ2v) is 7.74. The van der Waals surface area contributed by atoms with Crippen molar-refractivity contribution in [1.29, 1.82) is 0 Å². The first kappa shape index (κ1) is 25.6. The summed E-state index contributed by atoms with van der Waals surface area (Å²) in [6.07, 6.45) is -4.81. The zero-order valence-electron chi connectivity index (χ0n) is 19.3. The van der Waals surface area contributed by atoms with Crippen molar-refractivity contribution in [3.8, 4) is 23.1 Å². The van der Waals surface area contributed by atoms with Crippen LogP contribution in [0.2, 0.25) is 0 Å². The van der Waals surface area contributed by atoms with Crippen LogP contribution in [0.15, 0.2) is 41.4 Å². The van der Waals surface area contributed by atoms with Gasteiger partial charge in [0.2, 0.25) is 11.8 Å². The molecule has 3 aromatic rings. The lowest BCUT2D eigenvalue weighted by molar-refractivity contribution is -0.137. The molecule has 3 rings (SSSR count). The molecular weight excluding hydrogens is 467 g/mol. The minimum Gasteiger partial charge on any atom is -0.497 e. The summed E-state index contributed by atoms with van der Waals surface area (Å²) in [4.78, 5) is 27.1. The molecule has 0 unspecified atom stereocenters. The largest absolute Gasteiger partial charge is 0.497 e. The highest BCUT2D eigenvalue weighted by molar-refractivity contribution is 6.13. The van der Waals surface area contributed by atoms with Crippen molar-refractivity contribution in [2.45, 2.75) is 25.9 Å². The van der Waals surface area contributed by atoms with Crippen LogP contribution in [-0.2, 0) is 15.8 Å². The van der Waals surface area contributed by atoms with Crippen LogP contribution in [0.3, 0.4) is 0 Å². The number of nitrogens with zero attached hydrogens (tertiary/aromatic N) is 2. The summed E-state index contributed by atoms with van der Waals surface area (Å²) in [5.74, 6) is -0.614. The van der Waals surface area contributed by atoms with Gasteiger partial charge in [0.05, 0.1) is 43.1 Å². The van der Waals surface area contributed by atoms with Gasteiger partial charge in [-0.3, -0.25) is 19.1 Å². The van der Waals surface area contributed by atoms with Gasteiger partial charge in [0, 0.05) is 42.1 Å². The molecule has 35 heavy (non-hydrogen) atoms. The average Bonchev–Trinajstić information content (AvgIpc) is 3.11. The van der Waals surface area contributed by atoms with Crippen molar-refractivity contribution in [2.75, 3.05) is 20.8 Å². The molecule has 0 saturated heterocycles. The number of alkyl halides is 3. The zero-order valence-corrected chi connectivity index (χ0v) is 19.3. The van der Waals surface area contributed by atoms with Crippen LogP contribution in [0, 0.1) is 0 Å². The fourth-order valence-corrected chi connectivity index (χ4v) is 3.62. The maximum absolute atomic E-state index is 13.5. The number of hydrogen-bond donors (Lipinski definition) is 2. The fraction of sp³-hybridized carbons (Fsp3) is 0.292. The molecule has 1 aromatic heterocycles. The van der Waals surface area contributed by atoms with Crippen molar-refractivity contribution in [2.24, 2.45) is 10.7 Å². The monoisotopic (exact) mass is 491 g/mol. The maximum Gasteiger partial charge on any atom is 0.416 e. The van der Waals surface area contributed by atoms with Gasteiger partial charge < -0.3 is 20.3 Å². The van der Waals surface area contributed by atoms with Gasteiger partial charge in [-0.1, -0.05) is 6.07 Å². The maximum atomic E-state index is 13.5. The minimum absolute atomic E-state index is 0.0669. The van der Waals surface area contributed by atoms with Crippen LogP contribution in [-0.4, -0.2) is 47.8 Å². The lowest BCUT2D eigenvalue weighted by Crippen LogP contribution is -2.14. The zero-order chi connectivity index (χ0) is 25.9. The van der Waals surface area contributed by atoms with Crippen LogP contribution < -0.4 is 15.2 Å². The number of primary amides is 1. The van der Waals surface area contributed by atoms with Crippen molar-refractivity contribution in [3.05, 3.63) is 47.5 Å². The molecule has 3 N–H and O–H groups in total. The molecular formula is C24H24F3N3O5. The van der Waals surface area contributed by atoms with Gasteiger partial charge >= 0.3 is 6.18 Å². The SMILES string of the molecule is COc1cc(OC)cc(-n2c(O)c(C(C)=NCC(=O)CCC(N)=O)c3ccc(C(F)(F)F)cc32)c1. The summed E-state index contributed by atoms with van der Waals surface area (Å²) in [6, 6.07) is 7.73. The van der Waals surface area contributed by atoms with E-state index in [9.17, 15) is 27.9 Å². The van der Waals surface area contributed by atoms with Crippen molar-refractivity contribution < 1.29 is 37.3 Å². The summed E-state index contributed by atoms with van der Waals surface area (Å²) in [7, 11) is 2.84. The molecule has 0 aliphatic heterocycles. The normalized spacial score (nSPS) is 12.1. The number of carbonyl (C=O) groups is 2. The summed E-state index contributed by atoms with van der Waals surface area (Å²) < 4.78 is 52.2. The first-order chi connectivity index (χ1) is 16.5. The lowest BCUT2D eigenvalue weighted by Gasteiger charge is -2.13. The van der Waals surface area contributed by atoms with E-state index in [-0.39, 0.29) is 47.8 Å². The van der Waals surface area contributed by atoms with Gasteiger partial charge in [-0.05, 0) is 19.1 Å². The van der Waals surface area contributed by atoms with E-state index < -0.39 is 17.6 Å². The number of amides is 1. The van der Waals surface area contributed by atoms with Crippen molar-refractivity contribution in [3.63, 3.8) is 0 Å². The number of aromatic hydroxyl groups is 1. The molecule has 0 aliphatic rings. The number of fused-ring (bicyclic) bond motifs is 1. The van der Waals surface area contributed by atoms with Gasteiger partial charge in [-0.25, -0.2) is 0 Å². The van der Waals surface area contributed by atoms with Gasteiger partial charge in [0.1, 0.15) is 11.5 Å². The van der Waals surface area contributed by atoms with E-state index in [0.717, 1.165) is 12.1 Å². The molecule has 11 heteroatoms. The molecule has 186 valence electrons. The van der Waals surface area contributed by atoms with Gasteiger partial charge in [0.25, 0.3) is 0 Å². The number of methoxy groups -OCH3 is 2. The number of nitrogens with two attached hydrogens (primary N) is 1. The Labute approximate surface area is 198 Å². The highest BCUT2D eigenvalue weighted by Gasteiger charge is 2.32. The number of aliphatic imine (C=N–C) groups is 1. The van der Waals surface area contributed by atoms with E-state index in [4.69, 9.17) is 15.2 Å². The van der Waals surface area contributed by atoms with E-state index in [0.29, 0.717) is 22.6 Å². The van der Waals surface area contributed by atoms with Crippen molar-refractivity contribution >= 4 is 28.3 Å². The summed E-state index contributed by atoms with van der Waals surface area (Å²) in [5, 5.41) is 11.5. The van der Waals surface area contributed by atoms with Crippen LogP contribution in [0.25, 0.3) is 16.6 Å². The Hall–Kier alpha value is -4.02. The molecule has 1 amide bonds. The van der Waals surface area contributed by atoms with Gasteiger partial charge in [0.15, 0.2) is 5.78 Å². The molecule has 0 atom stereocenters. The van der Waals surface area contributed by atoms with Gasteiger partial charge in [-0.2, -0.15) is 13.2 Å². The number of hydrogen-bond acceptors (Lipinski definition) is 6. The molecule has 8 nitrogen and oxygen atoms in total. The predicted molar refractivity (Wildman–Crippen MR) is 124 cm³/mol. The number of halogens is 3. The standard InChI is InChI=1S/C24H24F3N3O5/c1-13(29-12-16(31)5-7-21(28)32)22-19-6-4-14(24(25,26)27)8-20(19)30(23(22)33)15-9-17(34-2)11-18(10-15)35-3/h4,6,8-11,33H,5,7,12H2,1-3H3,(H2,28,32). The first-order valence-corrected chi connectivity index (χ1v) is 10.5. The molecule has 0 spiro atoms. The van der Waals surface area contributed by atoms with Crippen LogP contribution >= 0.6 is 0 Å². The van der Waals surface area contributed by atoms with Crippen LogP contribution in [0.1, 0.15) is 30.9 Å². The minimum atomic E-state index is -4.61. The number of ketones is 1. The third kappa shape index (κ3) is 5.56. The third-order valence-corrected chi connectivity index (χ3v) is 5.37. The topological polar surface area (TPSA) is 116 Å². The smallest absolute Gasteiger partial charge is 0.416 e. The number of benzene rings is 2. The van der Waals surface area contributed by atoms with E-state index in [1.165, 1.54) is 43.9 Å². The Morgan fingerprint density at radius 1 is 1.06 bits per heavy atom. The molecule has 1 heterocycles. The Kier molecular flexibility index (Phi) is 7.37. The molecule has 2 aromatic carbocycles. The summed E-state index contributed by atoms with van der Waals surface area (Å²) in [6.45, 7) is 1.25. The van der Waals surface area contributed by atoms with Gasteiger partial charge in [-0.15, -0.1) is 0 Å². The summed E-state index contributed by atoms with van der Waals surface area (Å²) in [5.41, 5.74) is 4.90. The molecule has 0 aliphatic carbocycles. The fourth-order valence-electron chi connectivity index (χ4n) is 3.62. The van der Waals surface area contributed by atoms with E-state index in [2.05, 4.69) is 4.99 Å². The number of Topliss-reactive ketones (excluding diaryl/α,β-unsaturated/α-hetero) is 1. The molecule has 0 bridgehead atoms. The van der Waals surface area contributed by atoms with Crippen LogP contribution in [0.4, 0.5) is 13.2 Å². The Morgan fingerprint density at radius 2 is 1.69 bits per heavy atom. The van der Waals surface area contributed by atoms with E-state index in [1.54, 1.807) is 6.07 Å². The Balaban J connectivity index is 2.21. The molecule has 0 fully saturated rings. The number of aromatic nitrogens is 1. The second-order valence-electron chi connectivity index (χ2n) is 7.74. The van der Waals surface area contributed by atoms with Crippen molar-refractivity contribution in [1.82, 2.24) is 4.57 Å². The highest BCUT2D eigenvalue weighted by Crippen LogP contribution is 2.40. The quantitative estimate of drug-likeness (QED) is 0.439. The summed E-state index contributed by atoms with van der Waals surface area (Å²) >= 11 is 0. The molecule has 0 saturated carbocycles.